The van der Waals surface area contributed by atoms with Crippen molar-refractivity contribution in [2.45, 2.75) is 32.6 Å². The second-order valence-corrected chi connectivity index (χ2v) is 5.04. The van der Waals surface area contributed by atoms with Gasteiger partial charge in [-0.2, -0.15) is 0 Å². The third-order valence-corrected chi connectivity index (χ3v) is 3.42. The van der Waals surface area contributed by atoms with E-state index in [1.54, 1.807) is 12.1 Å². The quantitative estimate of drug-likeness (QED) is 0.678. The zero-order valence-corrected chi connectivity index (χ0v) is 11.8. The average molecular weight is 278 g/mol. The maximum Gasteiger partial charge on any atom is 0.142 e. The van der Waals surface area contributed by atoms with E-state index in [2.05, 4.69) is 18.0 Å². The molecule has 0 aliphatic carbocycles. The van der Waals surface area contributed by atoms with Crippen LogP contribution in [0, 0.1) is 5.82 Å². The Hall–Kier alpha value is -1.41. The molecule has 0 bridgehead atoms. The maximum atomic E-state index is 13.4. The topological polar surface area (TPSA) is 12.9 Å². The lowest BCUT2D eigenvalue weighted by molar-refractivity contribution is 0.628. The van der Waals surface area contributed by atoms with Gasteiger partial charge in [-0.1, -0.05) is 43.5 Å². The van der Waals surface area contributed by atoms with E-state index < -0.39 is 5.82 Å². The number of nitrogens with zero attached hydrogens (tertiary/aromatic N) is 1. The lowest BCUT2D eigenvalue weighted by Crippen LogP contribution is -1.90. The van der Waals surface area contributed by atoms with E-state index in [0.717, 1.165) is 17.7 Å². The highest BCUT2D eigenvalue weighted by atomic mass is 35.5. The largest absolute Gasteiger partial charge is 0.256 e. The first kappa shape index (κ1) is 14.0. The van der Waals surface area contributed by atoms with E-state index in [1.807, 2.05) is 12.3 Å². The molecule has 3 heteroatoms. The number of hydrogen-bond acceptors (Lipinski definition) is 1. The predicted octanol–water partition coefficient (Wildman–Crippen LogP) is 5.27. The number of halogens is 2. The molecule has 0 spiro atoms. The van der Waals surface area contributed by atoms with Crippen molar-refractivity contribution in [3.05, 3.63) is 52.9 Å². The van der Waals surface area contributed by atoms with Crippen molar-refractivity contribution >= 4 is 11.6 Å². The molecule has 0 radical (unpaired) electrons. The molecular weight excluding hydrogens is 261 g/mol. The van der Waals surface area contributed by atoms with Crippen molar-refractivity contribution in [2.75, 3.05) is 0 Å². The fourth-order valence-corrected chi connectivity index (χ4v) is 2.10. The predicted molar refractivity (Wildman–Crippen MR) is 77.9 cm³/mol. The molecule has 0 fully saturated rings. The summed E-state index contributed by atoms with van der Waals surface area (Å²) in [6, 6.07) is 8.75. The summed E-state index contributed by atoms with van der Waals surface area (Å²) < 4.78 is 13.4. The summed E-state index contributed by atoms with van der Waals surface area (Å²) >= 11 is 5.67. The molecule has 1 aromatic heterocycles. The van der Waals surface area contributed by atoms with Gasteiger partial charge in [-0.3, -0.25) is 4.98 Å². The molecule has 1 nitrogen and oxygen atoms in total. The Labute approximate surface area is 118 Å². The molecule has 100 valence electrons. The third-order valence-electron chi connectivity index (χ3n) is 3.11. The number of unbranched alkanes of at least 4 members (excludes halogenated alkanes) is 2. The van der Waals surface area contributed by atoms with Gasteiger partial charge in [0, 0.05) is 11.8 Å². The van der Waals surface area contributed by atoms with Gasteiger partial charge in [0.2, 0.25) is 0 Å². The maximum absolute atomic E-state index is 13.4. The summed E-state index contributed by atoms with van der Waals surface area (Å²) in [7, 11) is 0. The van der Waals surface area contributed by atoms with E-state index in [0.29, 0.717) is 0 Å². The van der Waals surface area contributed by atoms with Crippen LogP contribution >= 0.6 is 11.6 Å². The molecule has 0 aliphatic rings. The number of aryl methyl sites for hydroxylation is 1. The van der Waals surface area contributed by atoms with Gasteiger partial charge in [-0.05, 0) is 36.6 Å². The van der Waals surface area contributed by atoms with Crippen molar-refractivity contribution in [3.63, 3.8) is 0 Å². The lowest BCUT2D eigenvalue weighted by atomic mass is 10.1. The van der Waals surface area contributed by atoms with Crippen LogP contribution < -0.4 is 0 Å². The lowest BCUT2D eigenvalue weighted by Gasteiger charge is -2.04. The van der Waals surface area contributed by atoms with Crippen LogP contribution in [0.25, 0.3) is 11.3 Å². The highest BCUT2D eigenvalue weighted by Crippen LogP contribution is 2.23. The number of rotatable bonds is 5. The molecule has 0 saturated heterocycles. The molecule has 0 N–H and O–H groups in total. The fourth-order valence-electron chi connectivity index (χ4n) is 1.98. The summed E-state index contributed by atoms with van der Waals surface area (Å²) in [4.78, 5) is 4.39. The van der Waals surface area contributed by atoms with Gasteiger partial charge in [0.05, 0.1) is 10.7 Å². The Morgan fingerprint density at radius 3 is 2.63 bits per heavy atom. The van der Waals surface area contributed by atoms with E-state index in [9.17, 15) is 4.39 Å². The summed E-state index contributed by atoms with van der Waals surface area (Å²) in [6.45, 7) is 2.19. The summed E-state index contributed by atoms with van der Waals surface area (Å²) in [5.74, 6) is -0.409. The summed E-state index contributed by atoms with van der Waals surface area (Å²) in [6.07, 6.45) is 6.57. The first-order chi connectivity index (χ1) is 9.20. The highest BCUT2D eigenvalue weighted by molar-refractivity contribution is 6.30. The minimum atomic E-state index is -0.409. The van der Waals surface area contributed by atoms with Crippen LogP contribution in [0.2, 0.25) is 5.02 Å². The minimum absolute atomic E-state index is 0.139. The van der Waals surface area contributed by atoms with Crippen LogP contribution in [-0.4, -0.2) is 4.98 Å². The van der Waals surface area contributed by atoms with Crippen LogP contribution in [0.3, 0.4) is 0 Å². The van der Waals surface area contributed by atoms with Gasteiger partial charge < -0.3 is 0 Å². The summed E-state index contributed by atoms with van der Waals surface area (Å²) in [5, 5.41) is 0.139. The molecule has 0 saturated carbocycles. The number of aromatic nitrogens is 1. The molecule has 19 heavy (non-hydrogen) atoms. The first-order valence-corrected chi connectivity index (χ1v) is 6.99. The van der Waals surface area contributed by atoms with Crippen molar-refractivity contribution in [2.24, 2.45) is 0 Å². The zero-order chi connectivity index (χ0) is 13.7. The van der Waals surface area contributed by atoms with E-state index in [1.165, 1.54) is 30.9 Å². The second-order valence-electron chi connectivity index (χ2n) is 4.64. The molecule has 0 aliphatic heterocycles. The summed E-state index contributed by atoms with van der Waals surface area (Å²) in [5.41, 5.74) is 2.75. The Kier molecular flexibility index (Phi) is 4.92. The SMILES string of the molecule is CCCCCc1ccc(-c2ccc(Cl)c(F)c2)nc1. The smallest absolute Gasteiger partial charge is 0.142 e. The van der Waals surface area contributed by atoms with Crippen molar-refractivity contribution in [1.29, 1.82) is 0 Å². The monoisotopic (exact) mass is 277 g/mol. The molecule has 2 aromatic rings. The van der Waals surface area contributed by atoms with Gasteiger partial charge in [0.25, 0.3) is 0 Å². The molecule has 1 heterocycles. The Morgan fingerprint density at radius 2 is 2.00 bits per heavy atom. The highest BCUT2D eigenvalue weighted by Gasteiger charge is 2.04. The Bertz CT molecular complexity index is 537. The standard InChI is InChI=1S/C16H17ClFN/c1-2-3-4-5-12-6-9-16(19-11-12)13-7-8-14(17)15(18)10-13/h6-11H,2-5H2,1H3. The van der Waals surface area contributed by atoms with Gasteiger partial charge in [0.1, 0.15) is 5.82 Å². The van der Waals surface area contributed by atoms with Gasteiger partial charge in [-0.25, -0.2) is 4.39 Å². The van der Waals surface area contributed by atoms with Crippen molar-refractivity contribution in [1.82, 2.24) is 4.98 Å². The molecule has 0 unspecified atom stereocenters. The number of benzene rings is 1. The van der Waals surface area contributed by atoms with E-state index in [-0.39, 0.29) is 5.02 Å². The van der Waals surface area contributed by atoms with E-state index in [4.69, 9.17) is 11.6 Å². The average Bonchev–Trinajstić information content (AvgIpc) is 2.43. The number of pyridine rings is 1. The zero-order valence-electron chi connectivity index (χ0n) is 11.0. The van der Waals surface area contributed by atoms with Crippen LogP contribution in [-0.2, 0) is 6.42 Å². The fraction of sp³-hybridized carbons (Fsp3) is 0.312. The van der Waals surface area contributed by atoms with Gasteiger partial charge in [-0.15, -0.1) is 0 Å². The molecular formula is C16H17ClFN. The Balaban J connectivity index is 2.11. The van der Waals surface area contributed by atoms with Gasteiger partial charge in [0.15, 0.2) is 0 Å². The van der Waals surface area contributed by atoms with Crippen molar-refractivity contribution < 1.29 is 4.39 Å². The minimum Gasteiger partial charge on any atom is -0.256 e. The molecule has 0 amide bonds. The first-order valence-electron chi connectivity index (χ1n) is 6.61. The second kappa shape index (κ2) is 6.67. The molecule has 2 rings (SSSR count). The number of hydrogen-bond donors (Lipinski definition) is 0. The van der Waals surface area contributed by atoms with Crippen molar-refractivity contribution in [3.8, 4) is 11.3 Å². The molecule has 0 atom stereocenters. The van der Waals surface area contributed by atoms with E-state index >= 15 is 0 Å². The van der Waals surface area contributed by atoms with Gasteiger partial charge >= 0.3 is 0 Å². The molecule has 1 aromatic carbocycles. The van der Waals surface area contributed by atoms with Crippen LogP contribution in [0.4, 0.5) is 4.39 Å². The van der Waals surface area contributed by atoms with Crippen LogP contribution in [0.5, 0.6) is 0 Å². The Morgan fingerprint density at radius 1 is 1.16 bits per heavy atom. The normalized spacial score (nSPS) is 10.7. The van der Waals surface area contributed by atoms with Crippen LogP contribution in [0.1, 0.15) is 31.7 Å². The third kappa shape index (κ3) is 3.77. The van der Waals surface area contributed by atoms with Crippen LogP contribution in [0.15, 0.2) is 36.5 Å².